The third-order valence-electron chi connectivity index (χ3n) is 6.07. The van der Waals surface area contributed by atoms with Gasteiger partial charge in [-0.3, -0.25) is 19.3 Å². The van der Waals surface area contributed by atoms with Gasteiger partial charge in [-0.1, -0.05) is 36.4 Å². The number of nitrogens with zero attached hydrogens (tertiary/aromatic N) is 3. The van der Waals surface area contributed by atoms with Crippen LogP contribution in [0.5, 0.6) is 11.6 Å². The van der Waals surface area contributed by atoms with Crippen LogP contribution in [-0.2, 0) is 10.0 Å². The zero-order valence-electron chi connectivity index (χ0n) is 21.8. The number of hydrazone groups is 1. The molecule has 0 amide bonds. The van der Waals surface area contributed by atoms with E-state index >= 15 is 0 Å². The van der Waals surface area contributed by atoms with Gasteiger partial charge in [-0.25, -0.2) is 23.4 Å². The number of hydrogen-bond acceptors (Lipinski definition) is 9. The Hall–Kier alpha value is -5.43. The van der Waals surface area contributed by atoms with Crippen molar-refractivity contribution >= 4 is 38.6 Å². The minimum atomic E-state index is -4.11. The number of benzene rings is 3. The van der Waals surface area contributed by atoms with Gasteiger partial charge in [0.25, 0.3) is 21.1 Å². The van der Waals surface area contributed by atoms with Crippen LogP contribution in [0.15, 0.2) is 98.4 Å². The first kappa shape index (κ1) is 27.1. The summed E-state index contributed by atoms with van der Waals surface area (Å²) in [6.45, 7) is 1.65. The number of para-hydroxylation sites is 2. The number of ether oxygens (including phenoxy) is 1. The Kier molecular flexibility index (Phi) is 7.27. The molecule has 5 rings (SSSR count). The Morgan fingerprint density at radius 3 is 2.49 bits per heavy atom. The number of aromatic nitrogens is 3. The minimum absolute atomic E-state index is 0.0869. The van der Waals surface area contributed by atoms with Crippen LogP contribution >= 0.6 is 0 Å². The molecule has 0 aliphatic rings. The number of pyridine rings is 1. The van der Waals surface area contributed by atoms with E-state index in [1.807, 2.05) is 0 Å². The maximum Gasteiger partial charge on any atom is 0.265 e. The highest BCUT2D eigenvalue weighted by Gasteiger charge is 2.20. The number of fused-ring (bicyclic) bond motifs is 1. The lowest BCUT2D eigenvalue weighted by molar-refractivity contribution is 0.417. The fourth-order valence-corrected chi connectivity index (χ4v) is 5.35. The molecule has 13 heteroatoms. The Bertz CT molecular complexity index is 2030. The van der Waals surface area contributed by atoms with Gasteiger partial charge in [0.05, 0.1) is 35.2 Å². The van der Waals surface area contributed by atoms with Crippen molar-refractivity contribution < 1.29 is 18.3 Å². The van der Waals surface area contributed by atoms with Crippen molar-refractivity contribution in [1.82, 2.24) is 14.5 Å². The average molecular weight is 573 g/mol. The molecule has 0 radical (unpaired) electrons. The first-order chi connectivity index (χ1) is 19.7. The summed E-state index contributed by atoms with van der Waals surface area (Å²) in [5, 5.41) is 16.0. The molecular weight excluding hydrogens is 548 g/mol. The minimum Gasteiger partial charge on any atom is -0.495 e. The summed E-state index contributed by atoms with van der Waals surface area (Å²) < 4.78 is 35.2. The largest absolute Gasteiger partial charge is 0.495 e. The van der Waals surface area contributed by atoms with E-state index in [2.05, 4.69) is 25.2 Å². The number of H-pyrrole nitrogens is 1. The Balaban J connectivity index is 1.59. The molecule has 41 heavy (non-hydrogen) atoms. The van der Waals surface area contributed by atoms with Gasteiger partial charge in [0.2, 0.25) is 11.8 Å². The summed E-state index contributed by atoms with van der Waals surface area (Å²) in [4.78, 5) is 31.7. The fraction of sp³-hybridized carbons (Fsp3) is 0.0714. The number of hydrogen-bond donors (Lipinski definition) is 4. The molecule has 5 aromatic rings. The average Bonchev–Trinajstić information content (AvgIpc) is 2.95. The number of methoxy groups -OCH3 is 1. The van der Waals surface area contributed by atoms with Crippen LogP contribution in [0.1, 0.15) is 11.3 Å². The molecule has 0 saturated carbocycles. The number of aromatic hydroxyl groups is 1. The lowest BCUT2D eigenvalue weighted by Gasteiger charge is -2.15. The molecule has 12 nitrogen and oxygen atoms in total. The number of aromatic amines is 1. The van der Waals surface area contributed by atoms with E-state index in [4.69, 9.17) is 4.74 Å². The number of aryl methyl sites for hydroxylation is 1. The topological polar surface area (TPSA) is 168 Å². The molecule has 0 bridgehead atoms. The van der Waals surface area contributed by atoms with Gasteiger partial charge in [-0.2, -0.15) is 5.10 Å². The van der Waals surface area contributed by atoms with Crippen molar-refractivity contribution in [2.75, 3.05) is 17.3 Å². The van der Waals surface area contributed by atoms with Crippen molar-refractivity contribution in [3.63, 3.8) is 0 Å². The zero-order valence-corrected chi connectivity index (χ0v) is 22.6. The molecule has 0 fully saturated rings. The van der Waals surface area contributed by atoms with Gasteiger partial charge in [0.1, 0.15) is 5.75 Å². The van der Waals surface area contributed by atoms with E-state index in [-0.39, 0.29) is 38.7 Å². The monoisotopic (exact) mass is 572 g/mol. The highest BCUT2D eigenvalue weighted by atomic mass is 32.2. The summed E-state index contributed by atoms with van der Waals surface area (Å²) in [5.41, 5.74) is 2.66. The van der Waals surface area contributed by atoms with Gasteiger partial charge in [0.15, 0.2) is 0 Å². The number of anilines is 2. The van der Waals surface area contributed by atoms with Crippen molar-refractivity contribution in [2.24, 2.45) is 5.10 Å². The van der Waals surface area contributed by atoms with E-state index in [0.717, 1.165) is 4.57 Å². The highest BCUT2D eigenvalue weighted by Crippen LogP contribution is 2.29. The third kappa shape index (κ3) is 5.51. The van der Waals surface area contributed by atoms with Crippen molar-refractivity contribution in [3.05, 3.63) is 111 Å². The SMILES string of the molecule is COc1ccccc1NS(=O)(=O)c1cccc(-n2c(O)c(C=NNc3nc(C)cc(=O)[nH]3)c3ccccc3c2=O)c1. The van der Waals surface area contributed by atoms with E-state index in [9.17, 15) is 23.1 Å². The fourth-order valence-electron chi connectivity index (χ4n) is 4.24. The number of rotatable bonds is 8. The highest BCUT2D eigenvalue weighted by molar-refractivity contribution is 7.92. The maximum atomic E-state index is 13.5. The molecule has 3 aromatic carbocycles. The molecule has 4 N–H and O–H groups in total. The van der Waals surface area contributed by atoms with Gasteiger partial charge in [-0.15, -0.1) is 0 Å². The molecule has 0 aliphatic carbocycles. The van der Waals surface area contributed by atoms with Crippen molar-refractivity contribution in [2.45, 2.75) is 11.8 Å². The molecule has 2 heterocycles. The van der Waals surface area contributed by atoms with Crippen molar-refractivity contribution in [1.29, 1.82) is 0 Å². The quantitative estimate of drug-likeness (QED) is 0.162. The van der Waals surface area contributed by atoms with Crippen LogP contribution in [0.2, 0.25) is 0 Å². The molecule has 2 aromatic heterocycles. The second kappa shape index (κ2) is 11.0. The standard InChI is InChI=1S/C28H24N6O6S/c1-17-14-25(35)31-28(30-17)32-29-16-22-20-10-3-4-11-21(20)26(36)34(27(22)37)18-8-7-9-19(15-18)41(38,39)33-23-12-5-6-13-24(23)40-2/h3-16,33,37H,1-2H3,(H2,30,31,32,35). The summed E-state index contributed by atoms with van der Waals surface area (Å²) in [6.07, 6.45) is 1.28. The first-order valence-electron chi connectivity index (χ1n) is 12.2. The summed E-state index contributed by atoms with van der Waals surface area (Å²) in [5.74, 6) is -0.0564. The Morgan fingerprint density at radius 2 is 1.73 bits per heavy atom. The van der Waals surface area contributed by atoms with Gasteiger partial charge >= 0.3 is 0 Å². The van der Waals surface area contributed by atoms with Crippen LogP contribution in [-0.4, -0.2) is 41.4 Å². The van der Waals surface area contributed by atoms with Crippen LogP contribution in [0, 0.1) is 6.92 Å². The third-order valence-corrected chi connectivity index (χ3v) is 7.44. The second-order valence-corrected chi connectivity index (χ2v) is 10.5. The normalized spacial score (nSPS) is 11.6. The Labute approximate surface area is 233 Å². The van der Waals surface area contributed by atoms with Gasteiger partial charge in [-0.05, 0) is 43.3 Å². The summed E-state index contributed by atoms with van der Waals surface area (Å²) in [7, 11) is -2.68. The molecule has 208 valence electrons. The number of nitrogens with one attached hydrogen (secondary N) is 3. The predicted octanol–water partition coefficient (Wildman–Crippen LogP) is 3.34. The predicted molar refractivity (Wildman–Crippen MR) is 156 cm³/mol. The van der Waals surface area contributed by atoms with E-state index in [0.29, 0.717) is 16.8 Å². The van der Waals surface area contributed by atoms with E-state index < -0.39 is 21.5 Å². The molecule has 0 spiro atoms. The second-order valence-electron chi connectivity index (χ2n) is 8.83. The lowest BCUT2D eigenvalue weighted by atomic mass is 10.1. The molecule has 0 aliphatic heterocycles. The van der Waals surface area contributed by atoms with Crippen LogP contribution in [0.25, 0.3) is 16.5 Å². The van der Waals surface area contributed by atoms with Gasteiger partial charge in [0, 0.05) is 22.5 Å². The Morgan fingerprint density at radius 1 is 1.00 bits per heavy atom. The van der Waals surface area contributed by atoms with E-state index in [1.54, 1.807) is 55.5 Å². The van der Waals surface area contributed by atoms with Crippen molar-refractivity contribution in [3.8, 4) is 17.3 Å². The maximum absolute atomic E-state index is 13.5. The lowest BCUT2D eigenvalue weighted by Crippen LogP contribution is -2.21. The molecule has 0 atom stereocenters. The van der Waals surface area contributed by atoms with Crippen LogP contribution in [0.4, 0.5) is 11.6 Å². The first-order valence-corrected chi connectivity index (χ1v) is 13.7. The zero-order chi connectivity index (χ0) is 29.1. The molecular formula is C28H24N6O6S. The molecule has 0 unspecified atom stereocenters. The smallest absolute Gasteiger partial charge is 0.265 e. The van der Waals surface area contributed by atoms with E-state index in [1.165, 1.54) is 43.7 Å². The van der Waals surface area contributed by atoms with Gasteiger partial charge < -0.3 is 9.84 Å². The summed E-state index contributed by atoms with van der Waals surface area (Å²) in [6, 6.07) is 20.1. The van der Waals surface area contributed by atoms with Crippen LogP contribution < -0.4 is 26.0 Å². The number of sulfonamides is 1. The molecule has 0 saturated heterocycles. The van der Waals surface area contributed by atoms with Crippen LogP contribution in [0.3, 0.4) is 0 Å². The summed E-state index contributed by atoms with van der Waals surface area (Å²) >= 11 is 0.